The fourth-order valence-electron chi connectivity index (χ4n) is 1.20. The normalized spacial score (nSPS) is 10.2. The maximum atomic E-state index is 5.55. The summed E-state index contributed by atoms with van der Waals surface area (Å²) in [6, 6.07) is 0. The van der Waals surface area contributed by atoms with Crippen molar-refractivity contribution in [3.8, 4) is 0 Å². The molecule has 1 rings (SSSR count). The predicted octanol–water partition coefficient (Wildman–Crippen LogP) is 1.23. The van der Waals surface area contributed by atoms with E-state index < -0.39 is 0 Å². The van der Waals surface area contributed by atoms with Crippen molar-refractivity contribution in [2.45, 2.75) is 26.4 Å². The Labute approximate surface area is 72.9 Å². The highest BCUT2D eigenvalue weighted by molar-refractivity contribution is 5.04. The number of hydrogen-bond acceptors (Lipinski definition) is 2. The van der Waals surface area contributed by atoms with Gasteiger partial charge in [0, 0.05) is 19.3 Å². The highest BCUT2D eigenvalue weighted by Crippen LogP contribution is 2.04. The van der Waals surface area contributed by atoms with Crippen molar-refractivity contribution < 1.29 is 0 Å². The molecule has 0 fully saturated rings. The summed E-state index contributed by atoms with van der Waals surface area (Å²) in [7, 11) is 0. The summed E-state index contributed by atoms with van der Waals surface area (Å²) >= 11 is 0. The number of nitrogens with two attached hydrogens (primary N) is 1. The summed E-state index contributed by atoms with van der Waals surface area (Å²) in [6.45, 7) is 7.15. The van der Waals surface area contributed by atoms with Gasteiger partial charge in [0.05, 0.1) is 5.69 Å². The smallest absolute Gasteiger partial charge is 0.105 e. The molecule has 3 heteroatoms. The monoisotopic (exact) mass is 165 g/mol. The van der Waals surface area contributed by atoms with Gasteiger partial charge >= 0.3 is 0 Å². The standard InChI is InChI=1S/C9H15N3/c1-3-4-5-12-8(2)11-7-9(12)6-10/h3,7H,1,4-6,10H2,2H3. The van der Waals surface area contributed by atoms with Crippen molar-refractivity contribution in [2.75, 3.05) is 0 Å². The Bertz CT molecular complexity index is 263. The van der Waals surface area contributed by atoms with Crippen LogP contribution in [0.3, 0.4) is 0 Å². The number of rotatable bonds is 4. The average Bonchev–Trinajstić information content (AvgIpc) is 2.43. The van der Waals surface area contributed by atoms with Crippen molar-refractivity contribution in [3.63, 3.8) is 0 Å². The van der Waals surface area contributed by atoms with Crippen LogP contribution in [0.2, 0.25) is 0 Å². The van der Waals surface area contributed by atoms with E-state index in [2.05, 4.69) is 16.1 Å². The predicted molar refractivity (Wildman–Crippen MR) is 49.7 cm³/mol. The van der Waals surface area contributed by atoms with Crippen LogP contribution < -0.4 is 5.73 Å². The highest BCUT2D eigenvalue weighted by atomic mass is 15.1. The average molecular weight is 165 g/mol. The lowest BCUT2D eigenvalue weighted by Gasteiger charge is -2.06. The zero-order valence-electron chi connectivity index (χ0n) is 7.45. The summed E-state index contributed by atoms with van der Waals surface area (Å²) in [4.78, 5) is 4.19. The molecule has 0 aliphatic rings. The minimum absolute atomic E-state index is 0.554. The molecule has 66 valence electrons. The van der Waals surface area contributed by atoms with Gasteiger partial charge in [-0.2, -0.15) is 0 Å². The molecule has 0 spiro atoms. The first kappa shape index (κ1) is 9.00. The van der Waals surface area contributed by atoms with E-state index in [1.807, 2.05) is 19.2 Å². The molecule has 0 radical (unpaired) electrons. The number of imidazole rings is 1. The van der Waals surface area contributed by atoms with Gasteiger partial charge in [0.2, 0.25) is 0 Å². The van der Waals surface area contributed by atoms with E-state index in [4.69, 9.17) is 5.73 Å². The maximum Gasteiger partial charge on any atom is 0.105 e. The maximum absolute atomic E-state index is 5.55. The van der Waals surface area contributed by atoms with Gasteiger partial charge in [-0.25, -0.2) is 4.98 Å². The van der Waals surface area contributed by atoms with Crippen LogP contribution in [0.15, 0.2) is 18.9 Å². The van der Waals surface area contributed by atoms with Crippen LogP contribution in [0, 0.1) is 6.92 Å². The zero-order valence-corrected chi connectivity index (χ0v) is 7.45. The Kier molecular flexibility index (Phi) is 3.05. The van der Waals surface area contributed by atoms with E-state index in [9.17, 15) is 0 Å². The van der Waals surface area contributed by atoms with Crippen molar-refractivity contribution in [3.05, 3.63) is 30.4 Å². The van der Waals surface area contributed by atoms with Crippen LogP contribution in [0.1, 0.15) is 17.9 Å². The van der Waals surface area contributed by atoms with Crippen molar-refractivity contribution >= 4 is 0 Å². The summed E-state index contributed by atoms with van der Waals surface area (Å²) in [6.07, 6.45) is 4.70. The Morgan fingerprint density at radius 3 is 3.08 bits per heavy atom. The lowest BCUT2D eigenvalue weighted by Crippen LogP contribution is -2.08. The molecule has 1 heterocycles. The molecule has 0 amide bonds. The third-order valence-electron chi connectivity index (χ3n) is 1.90. The van der Waals surface area contributed by atoms with Gasteiger partial charge < -0.3 is 10.3 Å². The first-order chi connectivity index (χ1) is 5.79. The van der Waals surface area contributed by atoms with Crippen molar-refractivity contribution in [1.82, 2.24) is 9.55 Å². The molecule has 3 nitrogen and oxygen atoms in total. The minimum atomic E-state index is 0.554. The molecule has 0 aromatic carbocycles. The van der Waals surface area contributed by atoms with E-state index in [0.29, 0.717) is 6.54 Å². The highest BCUT2D eigenvalue weighted by Gasteiger charge is 2.02. The summed E-state index contributed by atoms with van der Waals surface area (Å²) in [5.41, 5.74) is 6.64. The molecule has 1 aromatic heterocycles. The molecule has 0 aliphatic carbocycles. The van der Waals surface area contributed by atoms with Gasteiger partial charge in [0.1, 0.15) is 5.82 Å². The molecule has 0 aliphatic heterocycles. The SMILES string of the molecule is C=CCCn1c(CN)cnc1C. The topological polar surface area (TPSA) is 43.8 Å². The molecular weight excluding hydrogens is 150 g/mol. The number of hydrogen-bond donors (Lipinski definition) is 1. The zero-order chi connectivity index (χ0) is 8.97. The van der Waals surface area contributed by atoms with Crippen LogP contribution in [-0.2, 0) is 13.1 Å². The van der Waals surface area contributed by atoms with Gasteiger partial charge in [0.15, 0.2) is 0 Å². The second kappa shape index (κ2) is 4.07. The Morgan fingerprint density at radius 2 is 2.50 bits per heavy atom. The van der Waals surface area contributed by atoms with Crippen molar-refractivity contribution in [1.29, 1.82) is 0 Å². The van der Waals surface area contributed by atoms with Gasteiger partial charge in [-0.1, -0.05) is 6.08 Å². The Balaban J connectivity index is 2.78. The lowest BCUT2D eigenvalue weighted by atomic mass is 10.4. The molecule has 0 bridgehead atoms. The summed E-state index contributed by atoms with van der Waals surface area (Å²) in [5, 5.41) is 0. The van der Waals surface area contributed by atoms with E-state index in [-0.39, 0.29) is 0 Å². The van der Waals surface area contributed by atoms with Crippen LogP contribution in [0.25, 0.3) is 0 Å². The van der Waals surface area contributed by atoms with Crippen molar-refractivity contribution in [2.24, 2.45) is 5.73 Å². The van der Waals surface area contributed by atoms with Crippen LogP contribution in [0.4, 0.5) is 0 Å². The molecule has 1 aromatic rings. The van der Waals surface area contributed by atoms with Crippen LogP contribution in [-0.4, -0.2) is 9.55 Å². The number of allylic oxidation sites excluding steroid dienone is 1. The largest absolute Gasteiger partial charge is 0.331 e. The summed E-state index contributed by atoms with van der Waals surface area (Å²) < 4.78 is 2.13. The first-order valence-corrected chi connectivity index (χ1v) is 4.11. The van der Waals surface area contributed by atoms with Gasteiger partial charge in [-0.05, 0) is 13.3 Å². The van der Waals surface area contributed by atoms with E-state index in [1.165, 1.54) is 0 Å². The fraction of sp³-hybridized carbons (Fsp3) is 0.444. The number of nitrogens with zero attached hydrogens (tertiary/aromatic N) is 2. The van der Waals surface area contributed by atoms with E-state index >= 15 is 0 Å². The molecular formula is C9H15N3. The first-order valence-electron chi connectivity index (χ1n) is 4.11. The molecule has 0 unspecified atom stereocenters. The third kappa shape index (κ3) is 1.74. The minimum Gasteiger partial charge on any atom is -0.331 e. The number of aromatic nitrogens is 2. The van der Waals surface area contributed by atoms with E-state index in [0.717, 1.165) is 24.5 Å². The lowest BCUT2D eigenvalue weighted by molar-refractivity contribution is 0.651. The summed E-state index contributed by atoms with van der Waals surface area (Å²) in [5.74, 6) is 1.03. The van der Waals surface area contributed by atoms with Gasteiger partial charge in [0.25, 0.3) is 0 Å². The van der Waals surface area contributed by atoms with E-state index in [1.54, 1.807) is 0 Å². The molecule has 2 N–H and O–H groups in total. The number of aryl methyl sites for hydroxylation is 1. The van der Waals surface area contributed by atoms with Crippen LogP contribution in [0.5, 0.6) is 0 Å². The molecule has 0 saturated carbocycles. The molecule has 12 heavy (non-hydrogen) atoms. The quantitative estimate of drug-likeness (QED) is 0.682. The van der Waals surface area contributed by atoms with Gasteiger partial charge in [-0.3, -0.25) is 0 Å². The Morgan fingerprint density at radius 1 is 1.75 bits per heavy atom. The fourth-order valence-corrected chi connectivity index (χ4v) is 1.20. The Hall–Kier alpha value is -1.09. The third-order valence-corrected chi connectivity index (χ3v) is 1.90. The second-order valence-electron chi connectivity index (χ2n) is 2.73. The second-order valence-corrected chi connectivity index (χ2v) is 2.73. The molecule has 0 saturated heterocycles. The van der Waals surface area contributed by atoms with Gasteiger partial charge in [-0.15, -0.1) is 6.58 Å². The molecule has 0 atom stereocenters. The van der Waals surface area contributed by atoms with Crippen LogP contribution >= 0.6 is 0 Å².